The van der Waals surface area contributed by atoms with Gasteiger partial charge in [-0.1, -0.05) is 45.0 Å². The first-order chi connectivity index (χ1) is 13.4. The largest absolute Gasteiger partial charge is 0.356 e. The van der Waals surface area contributed by atoms with E-state index in [0.717, 1.165) is 25.5 Å². The molecule has 28 heavy (non-hydrogen) atoms. The van der Waals surface area contributed by atoms with Gasteiger partial charge in [-0.3, -0.25) is 4.99 Å². The van der Waals surface area contributed by atoms with Crippen LogP contribution in [0.1, 0.15) is 44.7 Å². The molecule has 1 fully saturated rings. The molecule has 2 rings (SSSR count). The standard InChI is InChI=1S/C23H41N5/c1-23(2,3)21-10-8-20(9-11-21)12-14-26-22(24-4)25-13-6-7-15-28-18-16-27(5)17-19-28/h8-11H,6-7,12-19H2,1-5H3,(H2,24,25,26). The van der Waals surface area contributed by atoms with E-state index in [-0.39, 0.29) is 5.41 Å². The smallest absolute Gasteiger partial charge is 0.190 e. The van der Waals surface area contributed by atoms with Crippen molar-refractivity contribution < 1.29 is 0 Å². The van der Waals surface area contributed by atoms with Crippen molar-refractivity contribution in [3.63, 3.8) is 0 Å². The van der Waals surface area contributed by atoms with Crippen molar-refractivity contribution in [2.24, 2.45) is 4.99 Å². The van der Waals surface area contributed by atoms with Crippen molar-refractivity contribution in [2.45, 2.75) is 45.4 Å². The lowest BCUT2D eigenvalue weighted by Crippen LogP contribution is -2.44. The zero-order valence-corrected chi connectivity index (χ0v) is 18.7. The SMILES string of the molecule is CN=C(NCCCCN1CCN(C)CC1)NCCc1ccc(C(C)(C)C)cc1. The van der Waals surface area contributed by atoms with Crippen LogP contribution in [-0.2, 0) is 11.8 Å². The van der Waals surface area contributed by atoms with Gasteiger partial charge in [-0.2, -0.15) is 0 Å². The third kappa shape index (κ3) is 8.19. The summed E-state index contributed by atoms with van der Waals surface area (Å²) < 4.78 is 0. The van der Waals surface area contributed by atoms with Crippen LogP contribution in [0.15, 0.2) is 29.3 Å². The van der Waals surface area contributed by atoms with Gasteiger partial charge in [0.25, 0.3) is 0 Å². The van der Waals surface area contributed by atoms with E-state index in [1.165, 1.54) is 56.7 Å². The van der Waals surface area contributed by atoms with Gasteiger partial charge in [0.2, 0.25) is 0 Å². The van der Waals surface area contributed by atoms with Gasteiger partial charge in [-0.05, 0) is 49.4 Å². The fraction of sp³-hybridized carbons (Fsp3) is 0.696. The topological polar surface area (TPSA) is 42.9 Å². The fourth-order valence-corrected chi connectivity index (χ4v) is 3.46. The lowest BCUT2D eigenvalue weighted by Gasteiger charge is -2.32. The van der Waals surface area contributed by atoms with Crippen LogP contribution >= 0.6 is 0 Å². The summed E-state index contributed by atoms with van der Waals surface area (Å²) in [6, 6.07) is 9.00. The van der Waals surface area contributed by atoms with E-state index in [1.54, 1.807) is 0 Å². The average Bonchev–Trinajstić information content (AvgIpc) is 2.67. The first-order valence-electron chi connectivity index (χ1n) is 10.8. The van der Waals surface area contributed by atoms with Gasteiger partial charge in [0.05, 0.1) is 0 Å². The zero-order valence-electron chi connectivity index (χ0n) is 18.7. The molecule has 1 aliphatic heterocycles. The zero-order chi connectivity index (χ0) is 20.4. The molecule has 0 amide bonds. The second kappa shape index (κ2) is 11.4. The molecule has 5 nitrogen and oxygen atoms in total. The molecule has 1 saturated heterocycles. The minimum absolute atomic E-state index is 0.215. The summed E-state index contributed by atoms with van der Waals surface area (Å²) in [5.41, 5.74) is 2.97. The van der Waals surface area contributed by atoms with Gasteiger partial charge in [0.1, 0.15) is 0 Å². The monoisotopic (exact) mass is 387 g/mol. The second-order valence-corrected chi connectivity index (χ2v) is 8.97. The molecule has 5 heteroatoms. The molecule has 0 aliphatic carbocycles. The molecule has 0 bridgehead atoms. The summed E-state index contributed by atoms with van der Waals surface area (Å²) in [5.74, 6) is 0.908. The van der Waals surface area contributed by atoms with Gasteiger partial charge in [-0.25, -0.2) is 0 Å². The molecule has 158 valence electrons. The van der Waals surface area contributed by atoms with Crippen molar-refractivity contribution >= 4 is 5.96 Å². The van der Waals surface area contributed by atoms with E-state index >= 15 is 0 Å². The predicted octanol–water partition coefficient (Wildman–Crippen LogP) is 2.72. The highest BCUT2D eigenvalue weighted by Gasteiger charge is 2.13. The van der Waals surface area contributed by atoms with Crippen molar-refractivity contribution in [1.82, 2.24) is 20.4 Å². The van der Waals surface area contributed by atoms with Gasteiger partial charge in [0, 0.05) is 46.3 Å². The molecule has 0 aromatic heterocycles. The number of hydrogen-bond acceptors (Lipinski definition) is 3. The van der Waals surface area contributed by atoms with Crippen LogP contribution in [0.25, 0.3) is 0 Å². The molecule has 1 aromatic rings. The summed E-state index contributed by atoms with van der Waals surface area (Å²) in [5, 5.41) is 6.87. The van der Waals surface area contributed by atoms with E-state index in [2.05, 4.69) is 77.5 Å². The van der Waals surface area contributed by atoms with Gasteiger partial charge in [-0.15, -0.1) is 0 Å². The molecular formula is C23H41N5. The van der Waals surface area contributed by atoms with Crippen LogP contribution in [0.3, 0.4) is 0 Å². The maximum absolute atomic E-state index is 4.34. The van der Waals surface area contributed by atoms with Crippen LogP contribution in [0.5, 0.6) is 0 Å². The molecule has 1 heterocycles. The Balaban J connectivity index is 1.57. The maximum Gasteiger partial charge on any atom is 0.190 e. The minimum Gasteiger partial charge on any atom is -0.356 e. The molecule has 0 spiro atoms. The molecule has 1 aliphatic rings. The first kappa shape index (κ1) is 22.7. The number of rotatable bonds is 8. The maximum atomic E-state index is 4.34. The lowest BCUT2D eigenvalue weighted by atomic mass is 9.86. The van der Waals surface area contributed by atoms with E-state index in [4.69, 9.17) is 0 Å². The van der Waals surface area contributed by atoms with E-state index in [9.17, 15) is 0 Å². The van der Waals surface area contributed by atoms with E-state index in [0.29, 0.717) is 0 Å². The molecule has 2 N–H and O–H groups in total. The van der Waals surface area contributed by atoms with Crippen LogP contribution in [0, 0.1) is 0 Å². The van der Waals surface area contributed by atoms with Crippen molar-refractivity contribution in [3.8, 4) is 0 Å². The van der Waals surface area contributed by atoms with Gasteiger partial charge < -0.3 is 20.4 Å². The number of unbranched alkanes of at least 4 members (excludes halogenated alkanes) is 1. The van der Waals surface area contributed by atoms with Gasteiger partial charge >= 0.3 is 0 Å². The number of hydrogen-bond donors (Lipinski definition) is 2. The minimum atomic E-state index is 0.215. The number of likely N-dealkylation sites (N-methyl/N-ethyl adjacent to an activating group) is 1. The number of nitrogens with one attached hydrogen (secondary N) is 2. The number of nitrogens with zero attached hydrogens (tertiary/aromatic N) is 3. The fourth-order valence-electron chi connectivity index (χ4n) is 3.46. The summed E-state index contributed by atoms with van der Waals surface area (Å²) in [7, 11) is 4.05. The highest BCUT2D eigenvalue weighted by molar-refractivity contribution is 5.79. The summed E-state index contributed by atoms with van der Waals surface area (Å²) in [6.45, 7) is 14.7. The Morgan fingerprint density at radius 1 is 0.964 bits per heavy atom. The van der Waals surface area contributed by atoms with Crippen molar-refractivity contribution in [2.75, 3.05) is 59.9 Å². The second-order valence-electron chi connectivity index (χ2n) is 8.97. The Morgan fingerprint density at radius 3 is 2.21 bits per heavy atom. The molecular weight excluding hydrogens is 346 g/mol. The van der Waals surface area contributed by atoms with Crippen molar-refractivity contribution in [1.29, 1.82) is 0 Å². The third-order valence-corrected chi connectivity index (χ3v) is 5.54. The van der Waals surface area contributed by atoms with Crippen LogP contribution in [0.2, 0.25) is 0 Å². The molecule has 0 radical (unpaired) electrons. The lowest BCUT2D eigenvalue weighted by molar-refractivity contribution is 0.152. The van der Waals surface area contributed by atoms with Crippen molar-refractivity contribution in [3.05, 3.63) is 35.4 Å². The number of benzene rings is 1. The predicted molar refractivity (Wildman–Crippen MR) is 121 cm³/mol. The quantitative estimate of drug-likeness (QED) is 0.409. The molecule has 0 saturated carbocycles. The normalized spacial score (nSPS) is 17.0. The summed E-state index contributed by atoms with van der Waals surface area (Å²) in [6.07, 6.45) is 3.43. The van der Waals surface area contributed by atoms with Crippen LogP contribution in [0.4, 0.5) is 0 Å². The Morgan fingerprint density at radius 2 is 1.61 bits per heavy atom. The Kier molecular flexibility index (Phi) is 9.26. The molecule has 1 aromatic carbocycles. The average molecular weight is 388 g/mol. The number of guanidine groups is 1. The molecule has 0 atom stereocenters. The Hall–Kier alpha value is -1.59. The highest BCUT2D eigenvalue weighted by atomic mass is 15.2. The first-order valence-corrected chi connectivity index (χ1v) is 10.8. The Labute approximate surface area is 172 Å². The summed E-state index contributed by atoms with van der Waals surface area (Å²) in [4.78, 5) is 9.33. The van der Waals surface area contributed by atoms with E-state index in [1.807, 2.05) is 7.05 Å². The Bertz CT molecular complexity index is 580. The molecule has 0 unspecified atom stereocenters. The number of piperazine rings is 1. The van der Waals surface area contributed by atoms with Crippen LogP contribution < -0.4 is 10.6 Å². The number of aliphatic imine (C=N–C) groups is 1. The van der Waals surface area contributed by atoms with Gasteiger partial charge in [0.15, 0.2) is 5.96 Å². The highest BCUT2D eigenvalue weighted by Crippen LogP contribution is 2.22. The summed E-state index contributed by atoms with van der Waals surface area (Å²) >= 11 is 0. The third-order valence-electron chi connectivity index (χ3n) is 5.54. The van der Waals surface area contributed by atoms with Crippen LogP contribution in [-0.4, -0.2) is 75.7 Å². The van der Waals surface area contributed by atoms with E-state index < -0.39 is 0 Å².